The number of carbonyl (C=O) groups excluding carboxylic acids is 1. The fraction of sp³-hybridized carbons (Fsp3) is 0.389. The van der Waals surface area contributed by atoms with Crippen molar-refractivity contribution < 1.29 is 41.0 Å². The number of aromatic nitrogens is 1. The largest absolute Gasteiger partial charge is 0.478 e. The number of allylic oxidation sites excluding steroid dienone is 2. The van der Waals surface area contributed by atoms with Crippen molar-refractivity contribution in [2.24, 2.45) is 0 Å². The zero-order chi connectivity index (χ0) is 23.5. The Bertz CT molecular complexity index is 753. The van der Waals surface area contributed by atoms with E-state index < -0.39 is 24.2 Å². The second kappa shape index (κ2) is 11.8. The molecule has 0 spiro atoms. The second-order valence-corrected chi connectivity index (χ2v) is 6.02. The Labute approximate surface area is 168 Å². The molecule has 1 amide bonds. The van der Waals surface area contributed by atoms with E-state index in [1.165, 1.54) is 0 Å². The number of aliphatic carboxylic acids is 1. The van der Waals surface area contributed by atoms with Crippen LogP contribution in [0.15, 0.2) is 36.4 Å². The van der Waals surface area contributed by atoms with Crippen LogP contribution in [0.2, 0.25) is 0 Å². The number of anilines is 1. The van der Waals surface area contributed by atoms with Gasteiger partial charge in [0.15, 0.2) is 0 Å². The number of amides is 1. The molecule has 6 nitrogen and oxygen atoms in total. The van der Waals surface area contributed by atoms with E-state index in [0.717, 1.165) is 17.1 Å². The summed E-state index contributed by atoms with van der Waals surface area (Å²) in [5, 5.41) is 13.2. The maximum Gasteiger partial charge on any atom is 0.410 e. The van der Waals surface area contributed by atoms with Gasteiger partial charge in [-0.3, -0.25) is 9.78 Å². The molecule has 1 aromatic rings. The van der Waals surface area contributed by atoms with Crippen LogP contribution in [0.4, 0.5) is 32.0 Å². The molecule has 3 N–H and O–H groups in total. The minimum Gasteiger partial charge on any atom is -0.478 e. The molecule has 0 fully saturated rings. The molecule has 1 aromatic heterocycles. The Hall–Kier alpha value is -3.05. The third kappa shape index (κ3) is 16.0. The number of nitrogens with zero attached hydrogens (tertiary/aromatic N) is 1. The van der Waals surface area contributed by atoms with E-state index in [1.54, 1.807) is 0 Å². The first-order chi connectivity index (χ1) is 13.6. The van der Waals surface area contributed by atoms with Crippen LogP contribution in [0, 0.1) is 13.8 Å². The molecule has 168 valence electrons. The molecule has 1 rings (SSSR count). The predicted molar refractivity (Wildman–Crippen MR) is 97.8 cm³/mol. The maximum absolute atomic E-state index is 11.9. The fourth-order valence-corrected chi connectivity index (χ4v) is 1.90. The number of carboxylic acid groups (broad SMARTS) is 1. The summed E-state index contributed by atoms with van der Waals surface area (Å²) in [5.74, 6) is -2.38. The average molecular weight is 441 g/mol. The average Bonchev–Trinajstić information content (AvgIpc) is 2.55. The fourth-order valence-electron chi connectivity index (χ4n) is 1.90. The Morgan fingerprint density at radius 1 is 1.03 bits per heavy atom. The molecule has 12 heteroatoms. The van der Waals surface area contributed by atoms with Crippen LogP contribution in [-0.2, 0) is 9.59 Å². The summed E-state index contributed by atoms with van der Waals surface area (Å²) in [7, 11) is 0. The van der Waals surface area contributed by atoms with Gasteiger partial charge in [0.2, 0.25) is 5.91 Å². The number of carboxylic acids is 1. The first-order valence-corrected chi connectivity index (χ1v) is 8.32. The van der Waals surface area contributed by atoms with E-state index in [0.29, 0.717) is 6.08 Å². The van der Waals surface area contributed by atoms with Crippen LogP contribution in [0.3, 0.4) is 0 Å². The summed E-state index contributed by atoms with van der Waals surface area (Å²) < 4.78 is 68.9. The molecule has 0 aromatic carbocycles. The van der Waals surface area contributed by atoms with Gasteiger partial charge in [0.25, 0.3) is 0 Å². The zero-order valence-corrected chi connectivity index (χ0v) is 16.2. The number of hydrogen-bond acceptors (Lipinski definition) is 4. The number of carbonyl (C=O) groups is 2. The summed E-state index contributed by atoms with van der Waals surface area (Å²) in [4.78, 5) is 24.9. The quantitative estimate of drug-likeness (QED) is 0.460. The lowest BCUT2D eigenvalue weighted by atomic mass is 10.2. The van der Waals surface area contributed by atoms with Crippen LogP contribution in [0.1, 0.15) is 18.3 Å². The van der Waals surface area contributed by atoms with Crippen LogP contribution in [0.5, 0.6) is 0 Å². The van der Waals surface area contributed by atoms with Crippen molar-refractivity contribution in [3.8, 4) is 0 Å². The molecular weight excluding hydrogens is 420 g/mol. The third-order valence-corrected chi connectivity index (χ3v) is 2.92. The molecule has 0 saturated carbocycles. The van der Waals surface area contributed by atoms with E-state index in [9.17, 15) is 35.9 Å². The van der Waals surface area contributed by atoms with Crippen molar-refractivity contribution >= 4 is 17.6 Å². The summed E-state index contributed by atoms with van der Waals surface area (Å²) in [5.41, 5.74) is 2.58. The monoisotopic (exact) mass is 441 g/mol. The first-order valence-electron chi connectivity index (χ1n) is 8.32. The molecule has 0 aliphatic rings. The van der Waals surface area contributed by atoms with Crippen LogP contribution in [0.25, 0.3) is 0 Å². The van der Waals surface area contributed by atoms with Crippen LogP contribution < -0.4 is 10.6 Å². The molecule has 0 bridgehead atoms. The van der Waals surface area contributed by atoms with Crippen molar-refractivity contribution in [2.45, 2.75) is 39.2 Å². The standard InChI is InChI=1S/C14H18F3N3O.C4H3F3O2/c1-9-6-12(7-10(2)19-9)20-11(3)8-18-13(21)4-5-14(15,16)17;5-4(6,7)2-1-3(8)9/h4-7,11H,8H2,1-3H3,(H,18,21)(H,19,20);1-2H,(H,8,9)/b;2-1+. The highest BCUT2D eigenvalue weighted by molar-refractivity contribution is 5.87. The number of alkyl halides is 6. The third-order valence-electron chi connectivity index (χ3n) is 2.92. The summed E-state index contributed by atoms with van der Waals surface area (Å²) in [6.07, 6.45) is -8.91. The second-order valence-electron chi connectivity index (χ2n) is 6.02. The van der Waals surface area contributed by atoms with E-state index in [-0.39, 0.29) is 30.8 Å². The van der Waals surface area contributed by atoms with Gasteiger partial charge in [-0.25, -0.2) is 4.79 Å². The minimum atomic E-state index is -4.53. The molecule has 0 aliphatic heterocycles. The van der Waals surface area contributed by atoms with Gasteiger partial charge in [-0.2, -0.15) is 26.3 Å². The van der Waals surface area contributed by atoms with Gasteiger partial charge >= 0.3 is 18.3 Å². The lowest BCUT2D eigenvalue weighted by molar-refractivity contribution is -0.132. The van der Waals surface area contributed by atoms with Crippen LogP contribution in [-0.4, -0.2) is 46.9 Å². The van der Waals surface area contributed by atoms with E-state index in [4.69, 9.17) is 5.11 Å². The van der Waals surface area contributed by atoms with Crippen molar-refractivity contribution in [1.29, 1.82) is 0 Å². The van der Waals surface area contributed by atoms with Gasteiger partial charge in [0.1, 0.15) is 0 Å². The van der Waals surface area contributed by atoms with Crippen LogP contribution >= 0.6 is 0 Å². The van der Waals surface area contributed by atoms with E-state index >= 15 is 0 Å². The Kier molecular flexibility index (Phi) is 10.6. The Morgan fingerprint density at radius 2 is 1.50 bits per heavy atom. The first kappa shape index (κ1) is 27.0. The van der Waals surface area contributed by atoms with E-state index in [1.807, 2.05) is 32.9 Å². The number of halogens is 6. The Balaban J connectivity index is 0.000000787. The smallest absolute Gasteiger partial charge is 0.410 e. The highest BCUT2D eigenvalue weighted by atomic mass is 19.4. The molecule has 1 heterocycles. The van der Waals surface area contributed by atoms with Gasteiger partial charge in [-0.05, 0) is 32.9 Å². The van der Waals surface area contributed by atoms with Gasteiger partial charge in [0.05, 0.1) is 0 Å². The lowest BCUT2D eigenvalue weighted by Gasteiger charge is -2.16. The summed E-state index contributed by atoms with van der Waals surface area (Å²) >= 11 is 0. The van der Waals surface area contributed by atoms with Crippen molar-refractivity contribution in [2.75, 3.05) is 11.9 Å². The maximum atomic E-state index is 11.9. The molecule has 30 heavy (non-hydrogen) atoms. The van der Waals surface area contributed by atoms with Gasteiger partial charge in [-0.1, -0.05) is 0 Å². The molecule has 1 unspecified atom stereocenters. The molecule has 0 radical (unpaired) electrons. The predicted octanol–water partition coefficient (Wildman–Crippen LogP) is 3.92. The Morgan fingerprint density at radius 3 is 1.90 bits per heavy atom. The van der Waals surface area contributed by atoms with Gasteiger partial charge in [-0.15, -0.1) is 0 Å². The zero-order valence-electron chi connectivity index (χ0n) is 16.2. The van der Waals surface area contributed by atoms with Crippen molar-refractivity contribution in [3.63, 3.8) is 0 Å². The number of aryl methyl sites for hydroxylation is 2. The lowest BCUT2D eigenvalue weighted by Crippen LogP contribution is -2.33. The molecule has 1 atom stereocenters. The highest BCUT2D eigenvalue weighted by Gasteiger charge is 2.23. The number of rotatable bonds is 6. The van der Waals surface area contributed by atoms with Crippen molar-refractivity contribution in [3.05, 3.63) is 47.8 Å². The topological polar surface area (TPSA) is 91.3 Å². The van der Waals surface area contributed by atoms with Gasteiger partial charge < -0.3 is 15.7 Å². The van der Waals surface area contributed by atoms with Crippen molar-refractivity contribution in [1.82, 2.24) is 10.3 Å². The normalized spacial score (nSPS) is 13.0. The highest BCUT2D eigenvalue weighted by Crippen LogP contribution is 2.16. The SMILES string of the molecule is Cc1cc(NC(C)CNC(=O)C=CC(F)(F)F)cc(C)n1.O=C(O)/C=C/C(F)(F)F. The molecule has 0 saturated heterocycles. The summed E-state index contributed by atoms with van der Waals surface area (Å²) in [6.45, 7) is 5.76. The molecule has 0 aliphatic carbocycles. The summed E-state index contributed by atoms with van der Waals surface area (Å²) in [6, 6.07) is 3.58. The van der Waals surface area contributed by atoms with E-state index in [2.05, 4.69) is 15.6 Å². The number of hydrogen-bond donors (Lipinski definition) is 3. The minimum absolute atomic E-state index is 0.0417. The van der Waals surface area contributed by atoms with Gasteiger partial charge in [0, 0.05) is 54.0 Å². The molecular formula is C18H21F6N3O3. The number of nitrogens with one attached hydrogen (secondary N) is 2. The number of pyridine rings is 1.